The maximum absolute atomic E-state index is 5.37. The number of H-pyrrole nitrogens is 1. The zero-order valence-electron chi connectivity index (χ0n) is 8.77. The van der Waals surface area contributed by atoms with Crippen LogP contribution in [0.25, 0.3) is 11.7 Å². The Morgan fingerprint density at radius 3 is 2.47 bits per heavy atom. The molecule has 0 unspecified atom stereocenters. The quantitative estimate of drug-likeness (QED) is 0.715. The predicted octanol–water partition coefficient (Wildman–Crippen LogP) is 0.734. The first kappa shape index (κ1) is 9.63. The summed E-state index contributed by atoms with van der Waals surface area (Å²) in [6.07, 6.45) is 0. The van der Waals surface area contributed by atoms with Crippen molar-refractivity contribution in [1.29, 1.82) is 0 Å². The van der Waals surface area contributed by atoms with Crippen molar-refractivity contribution in [3.05, 3.63) is 5.82 Å². The largest absolute Gasteiger partial charge is 0.366 e. The van der Waals surface area contributed by atoms with Crippen molar-refractivity contribution in [3.8, 4) is 11.7 Å². The molecule has 0 spiro atoms. The molecule has 2 rings (SSSR count). The minimum absolute atomic E-state index is 0.153. The Morgan fingerprint density at radius 2 is 2.00 bits per heavy atom. The molecular weight excluding hydrogens is 196 g/mol. The number of aromatic amines is 1. The molecular formula is C8H12N6O. The Bertz CT molecular complexity index is 465. The molecule has 2 aromatic heterocycles. The summed E-state index contributed by atoms with van der Waals surface area (Å²) < 4.78 is 5.04. The summed E-state index contributed by atoms with van der Waals surface area (Å²) in [5.74, 6) is 1.45. The van der Waals surface area contributed by atoms with Crippen molar-refractivity contribution in [3.63, 3.8) is 0 Å². The van der Waals surface area contributed by atoms with Gasteiger partial charge in [-0.25, -0.2) is 0 Å². The van der Waals surface area contributed by atoms with Gasteiger partial charge in [-0.3, -0.25) is 5.10 Å². The predicted molar refractivity (Wildman–Crippen MR) is 52.8 cm³/mol. The lowest BCUT2D eigenvalue weighted by atomic mass is 9.96. The number of anilines is 1. The molecule has 0 aliphatic rings. The van der Waals surface area contributed by atoms with E-state index in [1.54, 1.807) is 0 Å². The van der Waals surface area contributed by atoms with E-state index in [0.717, 1.165) is 0 Å². The van der Waals surface area contributed by atoms with Crippen LogP contribution in [0.2, 0.25) is 0 Å². The van der Waals surface area contributed by atoms with Crippen molar-refractivity contribution < 1.29 is 4.52 Å². The normalized spacial score (nSPS) is 11.9. The van der Waals surface area contributed by atoms with Crippen LogP contribution in [-0.4, -0.2) is 25.3 Å². The Morgan fingerprint density at radius 1 is 1.27 bits per heavy atom. The first-order valence-corrected chi connectivity index (χ1v) is 4.49. The van der Waals surface area contributed by atoms with Gasteiger partial charge in [0.1, 0.15) is 0 Å². The summed E-state index contributed by atoms with van der Waals surface area (Å²) in [5.41, 5.74) is 5.21. The van der Waals surface area contributed by atoms with Gasteiger partial charge in [0.15, 0.2) is 5.82 Å². The number of hydrogen-bond donors (Lipinski definition) is 2. The molecule has 0 saturated carbocycles. The van der Waals surface area contributed by atoms with E-state index in [1.807, 2.05) is 20.8 Å². The molecule has 0 aliphatic heterocycles. The molecule has 3 N–H and O–H groups in total. The van der Waals surface area contributed by atoms with Gasteiger partial charge >= 0.3 is 0 Å². The van der Waals surface area contributed by atoms with Gasteiger partial charge in [0.25, 0.3) is 5.89 Å². The lowest BCUT2D eigenvalue weighted by molar-refractivity contribution is 0.400. The third kappa shape index (κ3) is 1.80. The summed E-state index contributed by atoms with van der Waals surface area (Å²) in [5, 5.41) is 10.1. The van der Waals surface area contributed by atoms with E-state index in [4.69, 9.17) is 10.3 Å². The molecule has 0 amide bonds. The lowest BCUT2D eigenvalue weighted by Crippen LogP contribution is -2.13. The average molecular weight is 208 g/mol. The van der Waals surface area contributed by atoms with Crippen LogP contribution in [0.15, 0.2) is 4.52 Å². The molecule has 2 heterocycles. The third-order valence-electron chi connectivity index (χ3n) is 1.80. The van der Waals surface area contributed by atoms with Gasteiger partial charge in [0, 0.05) is 5.41 Å². The Labute approximate surface area is 86.1 Å². The van der Waals surface area contributed by atoms with Crippen molar-refractivity contribution in [2.75, 3.05) is 5.73 Å². The first-order chi connectivity index (χ1) is 6.97. The molecule has 0 fully saturated rings. The number of aromatic nitrogens is 5. The standard InChI is InChI=1S/C8H12N6O/c1-8(2,3)6-11-5(15-14-6)4-10-7(9)13-12-4/h1-3H3,(H3,9,10,12,13). The van der Waals surface area contributed by atoms with Crippen LogP contribution >= 0.6 is 0 Å². The van der Waals surface area contributed by atoms with E-state index < -0.39 is 0 Å². The van der Waals surface area contributed by atoms with Gasteiger partial charge in [-0.15, -0.1) is 5.10 Å². The summed E-state index contributed by atoms with van der Waals surface area (Å²) >= 11 is 0. The average Bonchev–Trinajstić information content (AvgIpc) is 2.69. The fourth-order valence-corrected chi connectivity index (χ4v) is 0.995. The Kier molecular flexibility index (Phi) is 1.95. The fraction of sp³-hybridized carbons (Fsp3) is 0.500. The first-order valence-electron chi connectivity index (χ1n) is 4.49. The number of nitrogens with two attached hydrogens (primary N) is 1. The van der Waals surface area contributed by atoms with Crippen molar-refractivity contribution in [2.24, 2.45) is 0 Å². The number of rotatable bonds is 1. The van der Waals surface area contributed by atoms with E-state index in [-0.39, 0.29) is 11.4 Å². The maximum Gasteiger partial charge on any atom is 0.295 e. The highest BCUT2D eigenvalue weighted by Crippen LogP contribution is 2.21. The number of nitrogens with zero attached hydrogens (tertiary/aromatic N) is 4. The van der Waals surface area contributed by atoms with E-state index in [1.165, 1.54) is 0 Å². The van der Waals surface area contributed by atoms with Crippen LogP contribution < -0.4 is 5.73 Å². The molecule has 0 atom stereocenters. The van der Waals surface area contributed by atoms with Crippen LogP contribution in [0.5, 0.6) is 0 Å². The van der Waals surface area contributed by atoms with E-state index in [2.05, 4.69) is 25.3 Å². The second kappa shape index (κ2) is 3.04. The van der Waals surface area contributed by atoms with Crippen LogP contribution in [0.4, 0.5) is 5.95 Å². The number of hydrogen-bond acceptors (Lipinski definition) is 6. The molecule has 7 nitrogen and oxygen atoms in total. The van der Waals surface area contributed by atoms with Crippen LogP contribution in [0.3, 0.4) is 0 Å². The smallest absolute Gasteiger partial charge is 0.295 e. The summed E-state index contributed by atoms with van der Waals surface area (Å²) in [7, 11) is 0. The molecule has 15 heavy (non-hydrogen) atoms. The minimum atomic E-state index is -0.159. The SMILES string of the molecule is CC(C)(C)c1noc(-c2nc(N)n[nH]2)n1. The van der Waals surface area contributed by atoms with Gasteiger partial charge in [0.05, 0.1) is 0 Å². The summed E-state index contributed by atoms with van der Waals surface area (Å²) in [6, 6.07) is 0. The highest BCUT2D eigenvalue weighted by molar-refractivity contribution is 5.41. The maximum atomic E-state index is 5.37. The van der Waals surface area contributed by atoms with Gasteiger partial charge in [-0.2, -0.15) is 9.97 Å². The van der Waals surface area contributed by atoms with Crippen molar-refractivity contribution in [2.45, 2.75) is 26.2 Å². The highest BCUT2D eigenvalue weighted by Gasteiger charge is 2.22. The van der Waals surface area contributed by atoms with Crippen molar-refractivity contribution in [1.82, 2.24) is 25.3 Å². The fourth-order valence-electron chi connectivity index (χ4n) is 0.995. The molecule has 0 aliphatic carbocycles. The van der Waals surface area contributed by atoms with Gasteiger partial charge < -0.3 is 10.3 Å². The van der Waals surface area contributed by atoms with E-state index in [9.17, 15) is 0 Å². The molecule has 2 aromatic rings. The molecule has 80 valence electrons. The second-order valence-electron chi connectivity index (χ2n) is 4.22. The van der Waals surface area contributed by atoms with Crippen molar-refractivity contribution >= 4 is 5.95 Å². The molecule has 7 heteroatoms. The van der Waals surface area contributed by atoms with E-state index in [0.29, 0.717) is 17.5 Å². The molecule has 0 aromatic carbocycles. The number of nitrogen functional groups attached to an aromatic ring is 1. The zero-order chi connectivity index (χ0) is 11.1. The second-order valence-corrected chi connectivity index (χ2v) is 4.22. The lowest BCUT2D eigenvalue weighted by Gasteiger charge is -2.10. The molecule has 0 radical (unpaired) electrons. The van der Waals surface area contributed by atoms with Gasteiger partial charge in [-0.1, -0.05) is 25.9 Å². The van der Waals surface area contributed by atoms with Gasteiger partial charge in [0.2, 0.25) is 11.8 Å². The topological polar surface area (TPSA) is 107 Å². The Balaban J connectivity index is 2.36. The summed E-state index contributed by atoms with van der Waals surface area (Å²) in [4.78, 5) is 8.09. The van der Waals surface area contributed by atoms with Gasteiger partial charge in [-0.05, 0) is 0 Å². The van der Waals surface area contributed by atoms with Crippen LogP contribution in [0, 0.1) is 0 Å². The Hall–Kier alpha value is -1.92. The summed E-state index contributed by atoms with van der Waals surface area (Å²) in [6.45, 7) is 5.99. The monoisotopic (exact) mass is 208 g/mol. The molecule has 0 saturated heterocycles. The minimum Gasteiger partial charge on any atom is -0.366 e. The van der Waals surface area contributed by atoms with Crippen LogP contribution in [-0.2, 0) is 5.41 Å². The van der Waals surface area contributed by atoms with Crippen LogP contribution in [0.1, 0.15) is 26.6 Å². The highest BCUT2D eigenvalue weighted by atomic mass is 16.5. The van der Waals surface area contributed by atoms with E-state index >= 15 is 0 Å². The third-order valence-corrected chi connectivity index (χ3v) is 1.80. The zero-order valence-corrected chi connectivity index (χ0v) is 8.77. The molecule has 0 bridgehead atoms. The number of nitrogens with one attached hydrogen (secondary N) is 1.